The summed E-state index contributed by atoms with van der Waals surface area (Å²) in [5.74, 6) is 0.343. The molecule has 0 radical (unpaired) electrons. The third-order valence-corrected chi connectivity index (χ3v) is 6.28. The number of piperidine rings is 1. The number of halogens is 2. The molecule has 1 amide bonds. The van der Waals surface area contributed by atoms with Gasteiger partial charge in [-0.05, 0) is 48.0 Å². The molecular formula is C16H14Cl2N4OS. The molecule has 0 unspecified atom stereocenters. The highest BCUT2D eigenvalue weighted by Crippen LogP contribution is 2.34. The van der Waals surface area contributed by atoms with E-state index in [4.69, 9.17) is 23.2 Å². The van der Waals surface area contributed by atoms with Crippen molar-refractivity contribution in [1.29, 1.82) is 0 Å². The fourth-order valence-corrected chi connectivity index (χ4v) is 4.42. The highest BCUT2D eigenvalue weighted by atomic mass is 35.5. The summed E-state index contributed by atoms with van der Waals surface area (Å²) >= 11 is 13.0. The van der Waals surface area contributed by atoms with Gasteiger partial charge in [-0.15, -0.1) is 0 Å². The minimum atomic E-state index is -0.0801. The third kappa shape index (κ3) is 2.68. The lowest BCUT2D eigenvalue weighted by molar-refractivity contribution is 0.0718. The van der Waals surface area contributed by atoms with Crippen molar-refractivity contribution in [3.05, 3.63) is 45.1 Å². The second kappa shape index (κ2) is 6.35. The van der Waals surface area contributed by atoms with Gasteiger partial charge in [0.2, 0.25) is 0 Å². The lowest BCUT2D eigenvalue weighted by atomic mass is 9.89. The van der Waals surface area contributed by atoms with Crippen molar-refractivity contribution in [1.82, 2.24) is 19.2 Å². The Kier molecular flexibility index (Phi) is 4.20. The van der Waals surface area contributed by atoms with Crippen molar-refractivity contribution in [2.75, 3.05) is 13.1 Å². The summed E-state index contributed by atoms with van der Waals surface area (Å²) in [7, 11) is 0. The molecule has 1 saturated heterocycles. The van der Waals surface area contributed by atoms with Crippen molar-refractivity contribution in [3.8, 4) is 0 Å². The van der Waals surface area contributed by atoms with Gasteiger partial charge < -0.3 is 9.88 Å². The number of nitrogens with zero attached hydrogens (tertiary/aromatic N) is 3. The van der Waals surface area contributed by atoms with Gasteiger partial charge in [-0.1, -0.05) is 23.2 Å². The molecule has 0 spiro atoms. The Morgan fingerprint density at radius 2 is 2.12 bits per heavy atom. The van der Waals surface area contributed by atoms with Crippen LogP contribution in [0.1, 0.15) is 34.0 Å². The van der Waals surface area contributed by atoms with E-state index in [-0.39, 0.29) is 16.1 Å². The molecule has 0 saturated carbocycles. The largest absolute Gasteiger partial charge is 0.346 e. The standard InChI is InChI=1S/C16H14Cl2N4OS/c17-12-13(24-21-14(12)18)16(23)22-6-3-9(4-7-22)11-8-20-15-10(11)2-1-5-19-15/h1-2,5,8-9H,3-4,6-7H2,(H,19,20). The van der Waals surface area contributed by atoms with Crippen molar-refractivity contribution in [3.63, 3.8) is 0 Å². The van der Waals surface area contributed by atoms with Crippen LogP contribution >= 0.6 is 34.7 Å². The summed E-state index contributed by atoms with van der Waals surface area (Å²) in [5.41, 5.74) is 2.20. The van der Waals surface area contributed by atoms with Crippen LogP contribution in [0.4, 0.5) is 0 Å². The Morgan fingerprint density at radius 3 is 2.83 bits per heavy atom. The van der Waals surface area contributed by atoms with Crippen LogP contribution in [0, 0.1) is 0 Å². The molecule has 3 aromatic rings. The first-order valence-electron chi connectivity index (χ1n) is 7.67. The van der Waals surface area contributed by atoms with E-state index in [2.05, 4.69) is 20.4 Å². The molecule has 4 heterocycles. The van der Waals surface area contributed by atoms with E-state index in [1.807, 2.05) is 17.2 Å². The summed E-state index contributed by atoms with van der Waals surface area (Å²) in [4.78, 5) is 22.4. The second-order valence-corrected chi connectivity index (χ2v) is 7.34. The fourth-order valence-electron chi connectivity index (χ4n) is 3.24. The first-order valence-corrected chi connectivity index (χ1v) is 9.20. The molecular weight excluding hydrogens is 367 g/mol. The van der Waals surface area contributed by atoms with Gasteiger partial charge in [-0.25, -0.2) is 4.98 Å². The van der Waals surface area contributed by atoms with Gasteiger partial charge >= 0.3 is 0 Å². The summed E-state index contributed by atoms with van der Waals surface area (Å²) < 4.78 is 3.94. The van der Waals surface area contributed by atoms with Crippen LogP contribution in [-0.4, -0.2) is 38.2 Å². The molecule has 5 nitrogen and oxygen atoms in total. The molecule has 4 rings (SSSR count). The fraction of sp³-hybridized carbons (Fsp3) is 0.312. The molecule has 0 atom stereocenters. The van der Waals surface area contributed by atoms with Gasteiger partial charge in [0.05, 0.1) is 0 Å². The van der Waals surface area contributed by atoms with Crippen LogP contribution in [0.2, 0.25) is 10.2 Å². The molecule has 0 aromatic carbocycles. The topological polar surface area (TPSA) is 61.9 Å². The normalized spacial score (nSPS) is 16.0. The van der Waals surface area contributed by atoms with Gasteiger partial charge in [0.15, 0.2) is 5.15 Å². The quantitative estimate of drug-likeness (QED) is 0.718. The minimum Gasteiger partial charge on any atom is -0.346 e. The Hall–Kier alpha value is -1.63. The average molecular weight is 381 g/mol. The van der Waals surface area contributed by atoms with E-state index in [0.717, 1.165) is 30.0 Å². The number of aromatic amines is 1. The number of rotatable bonds is 2. The van der Waals surface area contributed by atoms with Crippen molar-refractivity contribution >= 4 is 51.7 Å². The number of nitrogens with one attached hydrogen (secondary N) is 1. The maximum Gasteiger partial charge on any atom is 0.267 e. The number of aromatic nitrogens is 3. The summed E-state index contributed by atoms with van der Waals surface area (Å²) in [6.45, 7) is 1.39. The van der Waals surface area contributed by atoms with E-state index in [1.165, 1.54) is 10.9 Å². The molecule has 1 aliphatic heterocycles. The molecule has 8 heteroatoms. The third-order valence-electron chi connectivity index (χ3n) is 4.50. The Labute approximate surface area is 152 Å². The summed E-state index contributed by atoms with van der Waals surface area (Å²) in [5, 5.41) is 1.63. The minimum absolute atomic E-state index is 0.0801. The van der Waals surface area contributed by atoms with Gasteiger partial charge in [0.1, 0.15) is 15.5 Å². The first-order chi connectivity index (χ1) is 11.6. The van der Waals surface area contributed by atoms with Crippen LogP contribution in [0.25, 0.3) is 11.0 Å². The number of carbonyl (C=O) groups excluding carboxylic acids is 1. The Morgan fingerprint density at radius 1 is 1.33 bits per heavy atom. The van der Waals surface area contributed by atoms with Gasteiger partial charge in [0, 0.05) is 30.9 Å². The smallest absolute Gasteiger partial charge is 0.267 e. The SMILES string of the molecule is O=C(c1snc(Cl)c1Cl)N1CCC(c2c[nH]c3ncccc23)CC1. The van der Waals surface area contributed by atoms with Gasteiger partial charge in [-0.3, -0.25) is 4.79 Å². The highest BCUT2D eigenvalue weighted by molar-refractivity contribution is 7.09. The zero-order chi connectivity index (χ0) is 16.7. The zero-order valence-electron chi connectivity index (χ0n) is 12.6. The van der Waals surface area contributed by atoms with Gasteiger partial charge in [-0.2, -0.15) is 4.37 Å². The van der Waals surface area contributed by atoms with Crippen LogP contribution in [0.15, 0.2) is 24.5 Å². The maximum absolute atomic E-state index is 12.6. The van der Waals surface area contributed by atoms with Crippen molar-refractivity contribution < 1.29 is 4.79 Å². The molecule has 1 N–H and O–H groups in total. The van der Waals surface area contributed by atoms with Crippen molar-refractivity contribution in [2.24, 2.45) is 0 Å². The van der Waals surface area contributed by atoms with E-state index in [1.54, 1.807) is 6.20 Å². The number of fused-ring (bicyclic) bond motifs is 1. The number of hydrogen-bond acceptors (Lipinski definition) is 4. The van der Waals surface area contributed by atoms with E-state index >= 15 is 0 Å². The predicted octanol–water partition coefficient (Wildman–Crippen LogP) is 4.35. The number of pyridine rings is 1. The maximum atomic E-state index is 12.6. The van der Waals surface area contributed by atoms with Crippen LogP contribution in [0.5, 0.6) is 0 Å². The molecule has 1 aliphatic rings. The number of H-pyrrole nitrogens is 1. The Bertz CT molecular complexity index is 899. The van der Waals surface area contributed by atoms with Crippen LogP contribution in [0.3, 0.4) is 0 Å². The molecule has 124 valence electrons. The summed E-state index contributed by atoms with van der Waals surface area (Å²) in [6.07, 6.45) is 5.66. The van der Waals surface area contributed by atoms with E-state index < -0.39 is 0 Å². The molecule has 0 bridgehead atoms. The van der Waals surface area contributed by atoms with E-state index in [9.17, 15) is 4.79 Å². The molecule has 0 aliphatic carbocycles. The number of likely N-dealkylation sites (tertiary alicyclic amines) is 1. The number of carbonyl (C=O) groups is 1. The zero-order valence-corrected chi connectivity index (χ0v) is 15.0. The molecule has 24 heavy (non-hydrogen) atoms. The van der Waals surface area contributed by atoms with Crippen molar-refractivity contribution in [2.45, 2.75) is 18.8 Å². The highest BCUT2D eigenvalue weighted by Gasteiger charge is 2.28. The average Bonchev–Trinajstić information content (AvgIpc) is 3.19. The van der Waals surface area contributed by atoms with Crippen LogP contribution in [-0.2, 0) is 0 Å². The summed E-state index contributed by atoms with van der Waals surface area (Å²) in [6, 6.07) is 4.04. The number of amides is 1. The van der Waals surface area contributed by atoms with E-state index in [0.29, 0.717) is 23.9 Å². The second-order valence-electron chi connectivity index (χ2n) is 5.83. The van der Waals surface area contributed by atoms with Gasteiger partial charge in [0.25, 0.3) is 5.91 Å². The lowest BCUT2D eigenvalue weighted by Gasteiger charge is -2.31. The monoisotopic (exact) mass is 380 g/mol. The lowest BCUT2D eigenvalue weighted by Crippen LogP contribution is -2.37. The molecule has 3 aromatic heterocycles. The molecule has 1 fully saturated rings. The first kappa shape index (κ1) is 15.9. The predicted molar refractivity (Wildman–Crippen MR) is 96.1 cm³/mol. The number of hydrogen-bond donors (Lipinski definition) is 1. The van der Waals surface area contributed by atoms with Crippen LogP contribution < -0.4 is 0 Å². The Balaban J connectivity index is 1.49.